The summed E-state index contributed by atoms with van der Waals surface area (Å²) in [7, 11) is 0. The molecule has 0 aromatic heterocycles. The van der Waals surface area contributed by atoms with Crippen molar-refractivity contribution < 1.29 is 24.2 Å². The van der Waals surface area contributed by atoms with E-state index in [4.69, 9.17) is 9.47 Å². The third-order valence-electron chi connectivity index (χ3n) is 5.64. The summed E-state index contributed by atoms with van der Waals surface area (Å²) in [5.41, 5.74) is 0. The van der Waals surface area contributed by atoms with E-state index in [-0.39, 0.29) is 25.4 Å². The molecule has 0 aliphatic carbocycles. The summed E-state index contributed by atoms with van der Waals surface area (Å²) < 4.78 is 10.4. The summed E-state index contributed by atoms with van der Waals surface area (Å²) in [5, 5.41) is 9.47. The molecule has 0 aromatic rings. The van der Waals surface area contributed by atoms with Gasteiger partial charge in [0.25, 0.3) is 0 Å². The molecule has 0 rings (SSSR count). The average Bonchev–Trinajstić information content (AvgIpc) is 3.01. The third-order valence-corrected chi connectivity index (χ3v) is 5.64. The summed E-state index contributed by atoms with van der Waals surface area (Å²) in [6, 6.07) is 0. The molecule has 0 radical (unpaired) electrons. The number of allylic oxidation sites excluding steroid dienone is 20. The minimum atomic E-state index is -0.847. The van der Waals surface area contributed by atoms with Gasteiger partial charge in [0.1, 0.15) is 6.61 Å². The van der Waals surface area contributed by atoms with E-state index >= 15 is 0 Å². The van der Waals surface area contributed by atoms with Gasteiger partial charge in [-0.05, 0) is 57.8 Å². The van der Waals surface area contributed by atoms with Gasteiger partial charge >= 0.3 is 11.9 Å². The Bertz CT molecular complexity index is 986. The molecule has 0 saturated carbocycles. The highest BCUT2D eigenvalue weighted by Crippen LogP contribution is 2.04. The first-order valence-electron chi connectivity index (χ1n) is 15.7. The number of hydrogen-bond donors (Lipinski definition) is 1. The fraction of sp³-hybridized carbons (Fsp3) is 0.421. The van der Waals surface area contributed by atoms with Crippen LogP contribution in [0.2, 0.25) is 0 Å². The van der Waals surface area contributed by atoms with E-state index in [1.54, 1.807) is 0 Å². The largest absolute Gasteiger partial charge is 0.462 e. The Kier molecular flexibility index (Phi) is 30.0. The minimum Gasteiger partial charge on any atom is -0.462 e. The van der Waals surface area contributed by atoms with E-state index in [9.17, 15) is 14.7 Å². The highest BCUT2D eigenvalue weighted by atomic mass is 16.6. The van der Waals surface area contributed by atoms with Crippen LogP contribution in [0.3, 0.4) is 0 Å². The topological polar surface area (TPSA) is 72.8 Å². The van der Waals surface area contributed by atoms with E-state index < -0.39 is 18.7 Å². The summed E-state index contributed by atoms with van der Waals surface area (Å²) in [5.74, 6) is -0.794. The highest BCUT2D eigenvalue weighted by molar-refractivity contribution is 5.70. The SMILES string of the molecule is CC/C=C/C=C/C=C/C=C/C=C/CCCC(=O)OCC(CO)OC(=O)CC/C=C/C/C=C/C/C=C/C/C=C/C/C=C/CC. The van der Waals surface area contributed by atoms with Crippen LogP contribution in [0.1, 0.15) is 84.5 Å². The molecule has 1 unspecified atom stereocenters. The molecule has 0 bridgehead atoms. The first kappa shape index (κ1) is 39.3. The van der Waals surface area contributed by atoms with Crippen molar-refractivity contribution in [3.63, 3.8) is 0 Å². The predicted molar refractivity (Wildman–Crippen MR) is 181 cm³/mol. The second-order valence-corrected chi connectivity index (χ2v) is 9.54. The third kappa shape index (κ3) is 31.1. The van der Waals surface area contributed by atoms with Crippen LogP contribution in [0.5, 0.6) is 0 Å². The molecule has 0 heterocycles. The van der Waals surface area contributed by atoms with Crippen LogP contribution in [0.15, 0.2) is 122 Å². The Labute approximate surface area is 261 Å². The first-order chi connectivity index (χ1) is 21.1. The van der Waals surface area contributed by atoms with Gasteiger partial charge in [0.05, 0.1) is 6.61 Å². The van der Waals surface area contributed by atoms with Crippen LogP contribution in [0.25, 0.3) is 0 Å². The van der Waals surface area contributed by atoms with Gasteiger partial charge in [0, 0.05) is 12.8 Å². The van der Waals surface area contributed by atoms with E-state index in [1.165, 1.54) is 0 Å². The summed E-state index contributed by atoms with van der Waals surface area (Å²) in [4.78, 5) is 24.0. The molecule has 0 saturated heterocycles. The Morgan fingerprint density at radius 2 is 1.05 bits per heavy atom. The van der Waals surface area contributed by atoms with Crippen molar-refractivity contribution >= 4 is 11.9 Å². The zero-order chi connectivity index (χ0) is 31.5. The normalized spacial score (nSPS) is 13.8. The highest BCUT2D eigenvalue weighted by Gasteiger charge is 2.15. The average molecular weight is 591 g/mol. The van der Waals surface area contributed by atoms with Crippen molar-refractivity contribution in [2.45, 2.75) is 90.6 Å². The van der Waals surface area contributed by atoms with Crippen LogP contribution in [0.4, 0.5) is 0 Å². The zero-order valence-corrected chi connectivity index (χ0v) is 26.4. The Morgan fingerprint density at radius 3 is 1.58 bits per heavy atom. The van der Waals surface area contributed by atoms with Crippen LogP contribution >= 0.6 is 0 Å². The number of aliphatic hydroxyl groups excluding tert-OH is 1. The number of carbonyl (C=O) groups is 2. The number of unbranched alkanes of at least 4 members (excludes halogenated alkanes) is 1. The van der Waals surface area contributed by atoms with Crippen molar-refractivity contribution in [2.75, 3.05) is 13.2 Å². The Hall–Kier alpha value is -3.70. The van der Waals surface area contributed by atoms with Gasteiger partial charge in [0.15, 0.2) is 6.10 Å². The van der Waals surface area contributed by atoms with Crippen molar-refractivity contribution in [2.24, 2.45) is 0 Å². The number of rotatable bonds is 25. The summed E-state index contributed by atoms with van der Waals surface area (Å²) in [6.07, 6.45) is 48.4. The van der Waals surface area contributed by atoms with Crippen molar-refractivity contribution in [1.29, 1.82) is 0 Å². The molecule has 0 aliphatic heterocycles. The van der Waals surface area contributed by atoms with Crippen LogP contribution in [-0.4, -0.2) is 36.4 Å². The van der Waals surface area contributed by atoms with Crippen molar-refractivity contribution in [3.8, 4) is 0 Å². The molecule has 0 fully saturated rings. The molecule has 236 valence electrons. The molecule has 5 heteroatoms. The summed E-state index contributed by atoms with van der Waals surface area (Å²) >= 11 is 0. The van der Waals surface area contributed by atoms with Crippen molar-refractivity contribution in [1.82, 2.24) is 0 Å². The quantitative estimate of drug-likeness (QED) is 0.0496. The number of esters is 2. The maximum absolute atomic E-state index is 12.1. The van der Waals surface area contributed by atoms with E-state index in [1.807, 2.05) is 66.8 Å². The lowest BCUT2D eigenvalue weighted by atomic mass is 10.2. The monoisotopic (exact) mass is 590 g/mol. The molecular formula is C38H54O5. The smallest absolute Gasteiger partial charge is 0.306 e. The lowest BCUT2D eigenvalue weighted by Crippen LogP contribution is -2.28. The van der Waals surface area contributed by atoms with Crippen LogP contribution < -0.4 is 0 Å². The minimum absolute atomic E-state index is 0.143. The van der Waals surface area contributed by atoms with Gasteiger partial charge in [-0.2, -0.15) is 0 Å². The molecular weight excluding hydrogens is 536 g/mol. The standard InChI is InChI=1S/C38H54O5/c1-3-5-7-9-11-13-15-17-18-19-21-23-25-27-29-31-33-38(41)43-36(34-39)35-42-37(40)32-30-28-26-24-22-20-16-14-12-10-8-6-4-2/h5-8,10-14,16-18,20-24,26-27,29,36,39H,3-4,9,15,19,25,28,30-35H2,1-2H3/b7-5+,8-6+,12-10+,13-11+,16-14+,18-17+,22-20+,23-21+,26-24+,29-27+. The lowest BCUT2D eigenvalue weighted by molar-refractivity contribution is -0.161. The second kappa shape index (κ2) is 32.8. The molecule has 0 spiro atoms. The van der Waals surface area contributed by atoms with Crippen molar-refractivity contribution in [3.05, 3.63) is 122 Å². The van der Waals surface area contributed by atoms with Crippen LogP contribution in [0, 0.1) is 0 Å². The zero-order valence-electron chi connectivity index (χ0n) is 26.4. The molecule has 0 aliphatic rings. The lowest BCUT2D eigenvalue weighted by Gasteiger charge is -2.15. The molecule has 1 atom stereocenters. The second-order valence-electron chi connectivity index (χ2n) is 9.54. The van der Waals surface area contributed by atoms with Gasteiger partial charge < -0.3 is 14.6 Å². The van der Waals surface area contributed by atoms with Gasteiger partial charge in [0.2, 0.25) is 0 Å². The van der Waals surface area contributed by atoms with E-state index in [0.29, 0.717) is 12.8 Å². The van der Waals surface area contributed by atoms with Gasteiger partial charge in [-0.1, -0.05) is 135 Å². The van der Waals surface area contributed by atoms with E-state index in [2.05, 4.69) is 68.5 Å². The maximum Gasteiger partial charge on any atom is 0.306 e. The molecule has 5 nitrogen and oxygen atoms in total. The number of ether oxygens (including phenoxy) is 2. The molecule has 1 N–H and O–H groups in total. The Morgan fingerprint density at radius 1 is 0.558 bits per heavy atom. The summed E-state index contributed by atoms with van der Waals surface area (Å²) in [6.45, 7) is 3.70. The number of carbonyl (C=O) groups excluding carboxylic acids is 2. The molecule has 0 aromatic carbocycles. The molecule has 43 heavy (non-hydrogen) atoms. The van der Waals surface area contributed by atoms with E-state index in [0.717, 1.165) is 44.9 Å². The van der Waals surface area contributed by atoms with Gasteiger partial charge in [-0.25, -0.2) is 0 Å². The Balaban J connectivity index is 3.92. The fourth-order valence-corrected chi connectivity index (χ4v) is 3.34. The van der Waals surface area contributed by atoms with Gasteiger partial charge in [-0.3, -0.25) is 9.59 Å². The predicted octanol–water partition coefficient (Wildman–Crippen LogP) is 9.33. The van der Waals surface area contributed by atoms with Crippen LogP contribution in [-0.2, 0) is 19.1 Å². The number of aliphatic hydroxyl groups is 1. The number of hydrogen-bond acceptors (Lipinski definition) is 5. The molecule has 0 amide bonds. The maximum atomic E-state index is 12.1. The first-order valence-corrected chi connectivity index (χ1v) is 15.7. The van der Waals surface area contributed by atoms with Gasteiger partial charge in [-0.15, -0.1) is 0 Å². The fourth-order valence-electron chi connectivity index (χ4n) is 3.34.